The van der Waals surface area contributed by atoms with Crippen LogP contribution in [-0.4, -0.2) is 23.3 Å². The fourth-order valence-corrected chi connectivity index (χ4v) is 2.18. The number of nitrogens with zero attached hydrogens (tertiary/aromatic N) is 1. The fraction of sp³-hybridized carbons (Fsp3) is 0.167. The predicted octanol–water partition coefficient (Wildman–Crippen LogP) is 3.12. The first kappa shape index (κ1) is 12.6. The molecular weight excluding hydrogens is 302 g/mol. The number of halogens is 1. The van der Waals surface area contributed by atoms with Crippen LogP contribution in [0.15, 0.2) is 27.2 Å². The lowest BCUT2D eigenvalue weighted by molar-refractivity contribution is 0.0696. The van der Waals surface area contributed by atoms with Crippen molar-refractivity contribution in [1.29, 1.82) is 0 Å². The quantitative estimate of drug-likeness (QED) is 0.942. The van der Waals surface area contributed by atoms with E-state index < -0.39 is 5.97 Å². The average Bonchev–Trinajstić information content (AvgIpc) is 2.71. The van der Waals surface area contributed by atoms with Crippen LogP contribution in [0, 0.1) is 6.92 Å². The van der Waals surface area contributed by atoms with Gasteiger partial charge in [0.1, 0.15) is 22.8 Å². The van der Waals surface area contributed by atoms with Gasteiger partial charge in [-0.3, -0.25) is 0 Å². The summed E-state index contributed by atoms with van der Waals surface area (Å²) in [5.41, 5.74) is 1.03. The topological polar surface area (TPSA) is 72.6 Å². The smallest absolute Gasteiger partial charge is 0.341 e. The first-order valence-corrected chi connectivity index (χ1v) is 5.87. The number of benzene rings is 1. The summed E-state index contributed by atoms with van der Waals surface area (Å²) in [6.07, 6.45) is 0. The van der Waals surface area contributed by atoms with Crippen molar-refractivity contribution in [2.75, 3.05) is 7.11 Å². The van der Waals surface area contributed by atoms with Crippen LogP contribution in [0.4, 0.5) is 0 Å². The Morgan fingerprint density at radius 2 is 2.22 bits per heavy atom. The van der Waals surface area contributed by atoms with Crippen LogP contribution in [0.3, 0.4) is 0 Å². The Labute approximate surface area is 111 Å². The zero-order chi connectivity index (χ0) is 13.3. The molecule has 5 nitrogen and oxygen atoms in total. The zero-order valence-electron chi connectivity index (χ0n) is 9.73. The maximum atomic E-state index is 11.1. The molecule has 6 heteroatoms. The molecule has 0 fully saturated rings. The number of aryl methyl sites for hydroxylation is 1. The molecule has 0 atom stereocenters. The van der Waals surface area contributed by atoms with Crippen molar-refractivity contribution in [2.45, 2.75) is 6.92 Å². The molecule has 1 aromatic heterocycles. The van der Waals surface area contributed by atoms with Gasteiger partial charge in [-0.15, -0.1) is 0 Å². The molecule has 0 amide bonds. The van der Waals surface area contributed by atoms with E-state index in [1.165, 1.54) is 0 Å². The first-order valence-electron chi connectivity index (χ1n) is 5.08. The van der Waals surface area contributed by atoms with Gasteiger partial charge < -0.3 is 14.4 Å². The Morgan fingerprint density at radius 1 is 1.50 bits per heavy atom. The molecule has 0 spiro atoms. The standard InChI is InChI=1S/C12H10BrNO4/c1-6-10(12(15)16)11(14-18-6)7-3-4-9(17-2)8(13)5-7/h3-5H,1-2H3,(H,15,16). The highest BCUT2D eigenvalue weighted by molar-refractivity contribution is 9.10. The minimum atomic E-state index is -1.06. The van der Waals surface area contributed by atoms with Crippen molar-refractivity contribution in [2.24, 2.45) is 0 Å². The van der Waals surface area contributed by atoms with E-state index in [4.69, 9.17) is 14.4 Å². The number of aromatic nitrogens is 1. The lowest BCUT2D eigenvalue weighted by atomic mass is 10.1. The molecule has 1 heterocycles. The van der Waals surface area contributed by atoms with Gasteiger partial charge in [0.15, 0.2) is 0 Å². The monoisotopic (exact) mass is 311 g/mol. The number of methoxy groups -OCH3 is 1. The Morgan fingerprint density at radius 3 is 2.78 bits per heavy atom. The second-order valence-corrected chi connectivity index (χ2v) is 4.47. The number of hydrogen-bond acceptors (Lipinski definition) is 4. The molecule has 0 unspecified atom stereocenters. The van der Waals surface area contributed by atoms with E-state index in [9.17, 15) is 4.79 Å². The molecule has 0 saturated heterocycles. The zero-order valence-corrected chi connectivity index (χ0v) is 11.3. The molecule has 2 aromatic rings. The number of carbonyl (C=O) groups is 1. The van der Waals surface area contributed by atoms with E-state index in [0.29, 0.717) is 17.0 Å². The molecule has 0 saturated carbocycles. The minimum Gasteiger partial charge on any atom is -0.496 e. The lowest BCUT2D eigenvalue weighted by Crippen LogP contribution is -1.99. The van der Waals surface area contributed by atoms with Crippen LogP contribution in [0.1, 0.15) is 16.1 Å². The molecule has 0 bridgehead atoms. The van der Waals surface area contributed by atoms with Crippen molar-refractivity contribution in [3.8, 4) is 17.0 Å². The largest absolute Gasteiger partial charge is 0.496 e. The van der Waals surface area contributed by atoms with Crippen LogP contribution in [0.25, 0.3) is 11.3 Å². The third-order valence-electron chi connectivity index (χ3n) is 2.50. The van der Waals surface area contributed by atoms with Gasteiger partial charge in [-0.05, 0) is 41.1 Å². The highest BCUT2D eigenvalue weighted by Crippen LogP contribution is 2.32. The van der Waals surface area contributed by atoms with Gasteiger partial charge in [-0.25, -0.2) is 4.79 Å². The lowest BCUT2D eigenvalue weighted by Gasteiger charge is -2.04. The van der Waals surface area contributed by atoms with E-state index in [0.717, 1.165) is 4.47 Å². The molecule has 0 aliphatic heterocycles. The Hall–Kier alpha value is -1.82. The van der Waals surface area contributed by atoms with E-state index in [-0.39, 0.29) is 11.3 Å². The maximum absolute atomic E-state index is 11.1. The SMILES string of the molecule is COc1ccc(-c2noc(C)c2C(=O)O)cc1Br. The van der Waals surface area contributed by atoms with Crippen LogP contribution >= 0.6 is 15.9 Å². The molecule has 0 aliphatic rings. The third kappa shape index (κ3) is 2.11. The highest BCUT2D eigenvalue weighted by atomic mass is 79.9. The van der Waals surface area contributed by atoms with E-state index in [1.54, 1.807) is 32.2 Å². The molecule has 18 heavy (non-hydrogen) atoms. The number of aromatic carboxylic acids is 1. The van der Waals surface area contributed by atoms with E-state index >= 15 is 0 Å². The fourth-order valence-electron chi connectivity index (χ4n) is 1.63. The van der Waals surface area contributed by atoms with Gasteiger partial charge in [0.05, 0.1) is 11.6 Å². The van der Waals surface area contributed by atoms with Crippen LogP contribution in [0.5, 0.6) is 5.75 Å². The van der Waals surface area contributed by atoms with Crippen LogP contribution in [0.2, 0.25) is 0 Å². The molecule has 0 aliphatic carbocycles. The van der Waals surface area contributed by atoms with Gasteiger partial charge in [0.25, 0.3) is 0 Å². The normalized spacial score (nSPS) is 10.4. The highest BCUT2D eigenvalue weighted by Gasteiger charge is 2.21. The molecule has 0 radical (unpaired) electrons. The van der Waals surface area contributed by atoms with Gasteiger partial charge >= 0.3 is 5.97 Å². The summed E-state index contributed by atoms with van der Waals surface area (Å²) in [7, 11) is 1.56. The number of carboxylic acid groups (broad SMARTS) is 1. The molecule has 2 rings (SSSR count). The minimum absolute atomic E-state index is 0.0760. The van der Waals surface area contributed by atoms with Crippen molar-refractivity contribution >= 4 is 21.9 Å². The van der Waals surface area contributed by atoms with Crippen LogP contribution in [-0.2, 0) is 0 Å². The van der Waals surface area contributed by atoms with Gasteiger partial charge in [-0.1, -0.05) is 5.16 Å². The van der Waals surface area contributed by atoms with Gasteiger partial charge in [-0.2, -0.15) is 0 Å². The van der Waals surface area contributed by atoms with Gasteiger partial charge in [0, 0.05) is 5.56 Å². The van der Waals surface area contributed by atoms with Crippen molar-refractivity contribution in [1.82, 2.24) is 5.16 Å². The average molecular weight is 312 g/mol. The summed E-state index contributed by atoms with van der Waals surface area (Å²) in [6.45, 7) is 1.57. The first-order chi connectivity index (χ1) is 8.54. The number of ether oxygens (including phenoxy) is 1. The molecule has 1 aromatic carbocycles. The van der Waals surface area contributed by atoms with Crippen LogP contribution < -0.4 is 4.74 Å². The van der Waals surface area contributed by atoms with E-state index in [2.05, 4.69) is 21.1 Å². The second-order valence-electron chi connectivity index (χ2n) is 3.62. The van der Waals surface area contributed by atoms with Crippen molar-refractivity contribution in [3.05, 3.63) is 34.0 Å². The predicted molar refractivity (Wildman–Crippen MR) is 67.9 cm³/mol. The molecule has 1 N–H and O–H groups in total. The Kier molecular flexibility index (Phi) is 3.38. The second kappa shape index (κ2) is 4.81. The Bertz CT molecular complexity index is 606. The van der Waals surface area contributed by atoms with Gasteiger partial charge in [0.2, 0.25) is 0 Å². The summed E-state index contributed by atoms with van der Waals surface area (Å²) in [5, 5.41) is 12.9. The molecular formula is C12H10BrNO4. The maximum Gasteiger partial charge on any atom is 0.341 e. The number of rotatable bonds is 3. The number of hydrogen-bond donors (Lipinski definition) is 1. The van der Waals surface area contributed by atoms with Crippen molar-refractivity contribution < 1.29 is 19.2 Å². The third-order valence-corrected chi connectivity index (χ3v) is 3.12. The van der Waals surface area contributed by atoms with E-state index in [1.807, 2.05) is 0 Å². The summed E-state index contributed by atoms with van der Waals surface area (Å²) < 4.78 is 10.8. The van der Waals surface area contributed by atoms with Crippen molar-refractivity contribution in [3.63, 3.8) is 0 Å². The summed E-state index contributed by atoms with van der Waals surface area (Å²) >= 11 is 3.34. The summed E-state index contributed by atoms with van der Waals surface area (Å²) in [4.78, 5) is 11.1. The Balaban J connectivity index is 2.56. The summed E-state index contributed by atoms with van der Waals surface area (Å²) in [6, 6.07) is 5.20. The number of carboxylic acids is 1. The summed E-state index contributed by atoms with van der Waals surface area (Å²) in [5.74, 6) is -0.115. The molecule has 94 valence electrons.